The second-order valence-corrected chi connectivity index (χ2v) is 4.56. The fourth-order valence-corrected chi connectivity index (χ4v) is 1.64. The molecule has 0 aromatic carbocycles. The molecule has 0 aromatic heterocycles. The van der Waals surface area contributed by atoms with E-state index in [-0.39, 0.29) is 0 Å². The fraction of sp³-hybridized carbons (Fsp3) is 0.917. The number of nitrogens with zero attached hydrogens (tertiary/aromatic N) is 1. The number of nitrogens with one attached hydrogen (secondary N) is 2. The maximum Gasteiger partial charge on any atom is 0.205 e. The normalized spacial score (nSPS) is 16.2. The highest BCUT2D eigenvalue weighted by molar-refractivity contribution is 5.79. The number of guanidine groups is 1. The molecule has 0 aliphatic heterocycles. The largest absolute Gasteiger partial charge is 0.353 e. The molecule has 94 valence electrons. The molecule has 0 spiro atoms. The lowest BCUT2D eigenvalue weighted by atomic mass is 10.1. The molecule has 1 rings (SSSR count). The van der Waals surface area contributed by atoms with Crippen LogP contribution < -0.4 is 16.6 Å². The molecule has 0 radical (unpaired) electrons. The lowest BCUT2D eigenvalue weighted by Gasteiger charge is -2.07. The van der Waals surface area contributed by atoms with Crippen molar-refractivity contribution in [3.8, 4) is 0 Å². The Hall–Kier alpha value is -0.770. The summed E-state index contributed by atoms with van der Waals surface area (Å²) in [6, 6.07) is 0.611. The van der Waals surface area contributed by atoms with Crippen molar-refractivity contribution >= 4 is 5.96 Å². The van der Waals surface area contributed by atoms with Crippen LogP contribution in [0.25, 0.3) is 0 Å². The van der Waals surface area contributed by atoms with E-state index in [4.69, 9.17) is 5.84 Å². The number of aliphatic imine (C=N–C) groups is 1. The molecule has 1 aliphatic carbocycles. The van der Waals surface area contributed by atoms with Crippen molar-refractivity contribution in [3.05, 3.63) is 0 Å². The highest BCUT2D eigenvalue weighted by Gasteiger charge is 2.21. The number of hydrogen-bond donors (Lipinski definition) is 3. The molecule has 0 unspecified atom stereocenters. The van der Waals surface area contributed by atoms with E-state index in [1.54, 1.807) is 0 Å². The third-order valence-corrected chi connectivity index (χ3v) is 2.84. The molecule has 4 N–H and O–H groups in total. The molecule has 16 heavy (non-hydrogen) atoms. The first-order chi connectivity index (χ1) is 7.86. The van der Waals surface area contributed by atoms with Gasteiger partial charge in [-0.3, -0.25) is 10.4 Å². The summed E-state index contributed by atoms with van der Waals surface area (Å²) >= 11 is 0. The highest BCUT2D eigenvalue weighted by Crippen LogP contribution is 2.18. The van der Waals surface area contributed by atoms with Crippen molar-refractivity contribution < 1.29 is 0 Å². The molecule has 1 saturated carbocycles. The van der Waals surface area contributed by atoms with Crippen LogP contribution in [-0.2, 0) is 0 Å². The molecular weight excluding hydrogens is 200 g/mol. The molecule has 0 saturated heterocycles. The Morgan fingerprint density at radius 2 is 1.88 bits per heavy atom. The van der Waals surface area contributed by atoms with Gasteiger partial charge in [0.05, 0.1) is 0 Å². The SMILES string of the molecule is CCCCCCCCN=C(NN)NC1CC1. The lowest BCUT2D eigenvalue weighted by Crippen LogP contribution is -2.42. The molecule has 0 amide bonds. The third kappa shape index (κ3) is 6.67. The van der Waals surface area contributed by atoms with Crippen molar-refractivity contribution in [2.75, 3.05) is 6.54 Å². The van der Waals surface area contributed by atoms with Crippen LogP contribution in [0.15, 0.2) is 4.99 Å². The summed E-state index contributed by atoms with van der Waals surface area (Å²) in [7, 11) is 0. The van der Waals surface area contributed by atoms with Gasteiger partial charge in [0, 0.05) is 12.6 Å². The molecule has 4 nitrogen and oxygen atoms in total. The molecule has 0 bridgehead atoms. The van der Waals surface area contributed by atoms with Crippen LogP contribution in [0.5, 0.6) is 0 Å². The number of nitrogens with two attached hydrogens (primary N) is 1. The van der Waals surface area contributed by atoms with E-state index in [0.29, 0.717) is 6.04 Å². The topological polar surface area (TPSA) is 62.4 Å². The second kappa shape index (κ2) is 8.39. The first-order valence-corrected chi connectivity index (χ1v) is 6.64. The van der Waals surface area contributed by atoms with Crippen LogP contribution in [-0.4, -0.2) is 18.5 Å². The Kier molecular flexibility index (Phi) is 6.97. The van der Waals surface area contributed by atoms with Crippen molar-refractivity contribution in [2.45, 2.75) is 64.3 Å². The van der Waals surface area contributed by atoms with E-state index < -0.39 is 0 Å². The summed E-state index contributed by atoms with van der Waals surface area (Å²) in [5.74, 6) is 6.15. The van der Waals surface area contributed by atoms with E-state index in [1.165, 1.54) is 51.4 Å². The van der Waals surface area contributed by atoms with Crippen molar-refractivity contribution in [1.29, 1.82) is 0 Å². The summed E-state index contributed by atoms with van der Waals surface area (Å²) < 4.78 is 0. The van der Waals surface area contributed by atoms with Crippen molar-refractivity contribution in [1.82, 2.24) is 10.7 Å². The quantitative estimate of drug-likeness (QED) is 0.195. The zero-order valence-corrected chi connectivity index (χ0v) is 10.5. The van der Waals surface area contributed by atoms with E-state index >= 15 is 0 Å². The minimum absolute atomic E-state index is 0.611. The molecule has 1 aliphatic rings. The lowest BCUT2D eigenvalue weighted by molar-refractivity contribution is 0.611. The van der Waals surface area contributed by atoms with Gasteiger partial charge in [0.1, 0.15) is 0 Å². The van der Waals surface area contributed by atoms with Crippen LogP contribution in [0.4, 0.5) is 0 Å². The first-order valence-electron chi connectivity index (χ1n) is 6.64. The minimum Gasteiger partial charge on any atom is -0.353 e. The van der Waals surface area contributed by atoms with Crippen LogP contribution in [0.3, 0.4) is 0 Å². The van der Waals surface area contributed by atoms with E-state index in [0.717, 1.165) is 12.5 Å². The smallest absolute Gasteiger partial charge is 0.205 e. The fourth-order valence-electron chi connectivity index (χ4n) is 1.64. The van der Waals surface area contributed by atoms with Crippen LogP contribution in [0.2, 0.25) is 0 Å². The van der Waals surface area contributed by atoms with Gasteiger partial charge in [0.2, 0.25) is 5.96 Å². The molecule has 1 fully saturated rings. The van der Waals surface area contributed by atoms with Gasteiger partial charge in [-0.25, -0.2) is 5.84 Å². The summed E-state index contributed by atoms with van der Waals surface area (Å²) in [6.07, 6.45) is 10.3. The van der Waals surface area contributed by atoms with E-state index in [9.17, 15) is 0 Å². The molecule has 0 heterocycles. The zero-order chi connectivity index (χ0) is 11.6. The van der Waals surface area contributed by atoms with Gasteiger partial charge in [0.15, 0.2) is 0 Å². The number of hydrogen-bond acceptors (Lipinski definition) is 2. The zero-order valence-electron chi connectivity index (χ0n) is 10.5. The summed E-state index contributed by atoms with van der Waals surface area (Å²) in [4.78, 5) is 4.41. The van der Waals surface area contributed by atoms with Gasteiger partial charge in [-0.05, 0) is 19.3 Å². The third-order valence-electron chi connectivity index (χ3n) is 2.84. The predicted molar refractivity (Wildman–Crippen MR) is 69.2 cm³/mol. The average Bonchev–Trinajstić information content (AvgIpc) is 3.10. The number of rotatable bonds is 8. The Morgan fingerprint density at radius 1 is 1.19 bits per heavy atom. The van der Waals surface area contributed by atoms with Gasteiger partial charge in [-0.1, -0.05) is 39.0 Å². The van der Waals surface area contributed by atoms with Crippen molar-refractivity contribution in [2.24, 2.45) is 10.8 Å². The summed E-state index contributed by atoms with van der Waals surface area (Å²) in [5, 5.41) is 3.27. The van der Waals surface area contributed by atoms with E-state index in [2.05, 4.69) is 22.7 Å². The second-order valence-electron chi connectivity index (χ2n) is 4.56. The number of unbranched alkanes of at least 4 members (excludes halogenated alkanes) is 5. The molecule has 0 aromatic rings. The average molecular weight is 226 g/mol. The van der Waals surface area contributed by atoms with Crippen molar-refractivity contribution in [3.63, 3.8) is 0 Å². The van der Waals surface area contributed by atoms with Gasteiger partial charge in [-0.2, -0.15) is 0 Å². The van der Waals surface area contributed by atoms with Gasteiger partial charge < -0.3 is 5.32 Å². The molecule has 4 heteroatoms. The highest BCUT2D eigenvalue weighted by atomic mass is 15.3. The molecule has 0 atom stereocenters. The summed E-state index contributed by atoms with van der Waals surface area (Å²) in [5.41, 5.74) is 2.62. The van der Waals surface area contributed by atoms with Crippen LogP contribution in [0.1, 0.15) is 58.3 Å². The monoisotopic (exact) mass is 226 g/mol. The van der Waals surface area contributed by atoms with Gasteiger partial charge in [-0.15, -0.1) is 0 Å². The van der Waals surface area contributed by atoms with Gasteiger partial charge in [0.25, 0.3) is 0 Å². The van der Waals surface area contributed by atoms with Crippen LogP contribution in [0, 0.1) is 0 Å². The van der Waals surface area contributed by atoms with Crippen LogP contribution >= 0.6 is 0 Å². The van der Waals surface area contributed by atoms with Gasteiger partial charge >= 0.3 is 0 Å². The maximum atomic E-state index is 5.39. The Balaban J connectivity index is 1.95. The minimum atomic E-state index is 0.611. The Morgan fingerprint density at radius 3 is 2.50 bits per heavy atom. The first kappa shape index (κ1) is 13.3. The molecular formula is C12H26N4. The van der Waals surface area contributed by atoms with E-state index in [1.807, 2.05) is 0 Å². The Bertz CT molecular complexity index is 199. The number of hydrazine groups is 1. The summed E-state index contributed by atoms with van der Waals surface area (Å²) in [6.45, 7) is 3.12. The maximum absolute atomic E-state index is 5.39. The Labute approximate surface area is 99.1 Å². The standard InChI is InChI=1S/C12H26N4/c1-2-3-4-5-6-7-10-14-12(16-13)15-11-8-9-11/h11H,2-10,13H2,1H3,(H2,14,15,16). The predicted octanol–water partition coefficient (Wildman–Crippen LogP) is 1.92.